The highest BCUT2D eigenvalue weighted by atomic mass is 19.3. The predicted octanol–water partition coefficient (Wildman–Crippen LogP) is 0.00810. The molecule has 0 saturated heterocycles. The van der Waals surface area contributed by atoms with Crippen LogP contribution in [0.25, 0.3) is 0 Å². The molecule has 1 saturated carbocycles. The standard InChI is InChI=1S/C6H8F2N4/c1-12-4(2-10-11-12)5(9)3-6(5,7)8/h2H,3,9H2,1H3. The molecule has 0 bridgehead atoms. The van der Waals surface area contributed by atoms with E-state index in [0.29, 0.717) is 0 Å². The van der Waals surface area contributed by atoms with Crippen LogP contribution < -0.4 is 5.73 Å². The molecule has 1 atom stereocenters. The van der Waals surface area contributed by atoms with Gasteiger partial charge in [-0.15, -0.1) is 5.10 Å². The summed E-state index contributed by atoms with van der Waals surface area (Å²) in [4.78, 5) is 0. The lowest BCUT2D eigenvalue weighted by Crippen LogP contribution is -2.29. The minimum absolute atomic E-state index is 0.285. The summed E-state index contributed by atoms with van der Waals surface area (Å²) in [5.74, 6) is -2.80. The zero-order chi connectivity index (χ0) is 8.98. The van der Waals surface area contributed by atoms with Gasteiger partial charge in [0.25, 0.3) is 5.92 Å². The van der Waals surface area contributed by atoms with Crippen LogP contribution in [0.15, 0.2) is 6.20 Å². The predicted molar refractivity (Wildman–Crippen MR) is 36.4 cm³/mol. The van der Waals surface area contributed by atoms with E-state index < -0.39 is 11.5 Å². The molecular formula is C6H8F2N4. The molecule has 2 N–H and O–H groups in total. The molecule has 1 fully saturated rings. The van der Waals surface area contributed by atoms with E-state index in [0.717, 1.165) is 0 Å². The molecule has 1 aliphatic carbocycles. The number of nitrogens with zero attached hydrogens (tertiary/aromatic N) is 3. The Balaban J connectivity index is 2.40. The van der Waals surface area contributed by atoms with E-state index in [-0.39, 0.29) is 12.1 Å². The summed E-state index contributed by atoms with van der Waals surface area (Å²) >= 11 is 0. The van der Waals surface area contributed by atoms with Gasteiger partial charge in [0.1, 0.15) is 5.54 Å². The summed E-state index contributed by atoms with van der Waals surface area (Å²) < 4.78 is 26.7. The van der Waals surface area contributed by atoms with E-state index in [1.165, 1.54) is 10.9 Å². The van der Waals surface area contributed by atoms with Crippen LogP contribution in [0.3, 0.4) is 0 Å². The molecule has 4 nitrogen and oxygen atoms in total. The van der Waals surface area contributed by atoms with E-state index in [9.17, 15) is 8.78 Å². The lowest BCUT2D eigenvalue weighted by atomic mass is 10.2. The van der Waals surface area contributed by atoms with Crippen molar-refractivity contribution in [3.05, 3.63) is 11.9 Å². The molecule has 0 radical (unpaired) electrons. The Kier molecular flexibility index (Phi) is 1.15. The quantitative estimate of drug-likeness (QED) is 0.652. The maximum atomic E-state index is 12.7. The van der Waals surface area contributed by atoms with E-state index >= 15 is 0 Å². The van der Waals surface area contributed by atoms with Gasteiger partial charge in [0, 0.05) is 13.5 Å². The first-order valence-corrected chi connectivity index (χ1v) is 3.49. The Morgan fingerprint density at radius 3 is 2.58 bits per heavy atom. The minimum Gasteiger partial charge on any atom is -0.315 e. The molecule has 0 amide bonds. The zero-order valence-corrected chi connectivity index (χ0v) is 6.46. The van der Waals surface area contributed by atoms with E-state index in [4.69, 9.17) is 5.73 Å². The van der Waals surface area contributed by atoms with Gasteiger partial charge in [-0.2, -0.15) is 0 Å². The molecule has 2 rings (SSSR count). The highest BCUT2D eigenvalue weighted by molar-refractivity contribution is 5.28. The Bertz CT molecular complexity index is 321. The summed E-state index contributed by atoms with van der Waals surface area (Å²) in [5, 5.41) is 7.04. The molecule has 1 aromatic heterocycles. The molecule has 1 heterocycles. The lowest BCUT2D eigenvalue weighted by molar-refractivity contribution is 0.0871. The molecular weight excluding hydrogens is 166 g/mol. The first kappa shape index (κ1) is 7.60. The second-order valence-corrected chi connectivity index (χ2v) is 3.10. The zero-order valence-electron chi connectivity index (χ0n) is 6.46. The van der Waals surface area contributed by atoms with Gasteiger partial charge in [-0.05, 0) is 0 Å². The van der Waals surface area contributed by atoms with Gasteiger partial charge in [0.05, 0.1) is 11.9 Å². The normalized spacial score (nSPS) is 32.0. The molecule has 6 heteroatoms. The van der Waals surface area contributed by atoms with Crippen molar-refractivity contribution in [2.45, 2.75) is 17.9 Å². The van der Waals surface area contributed by atoms with Crippen molar-refractivity contribution < 1.29 is 8.78 Å². The average Bonchev–Trinajstić information content (AvgIpc) is 2.36. The topological polar surface area (TPSA) is 56.7 Å². The van der Waals surface area contributed by atoms with Gasteiger partial charge in [0.15, 0.2) is 0 Å². The number of alkyl halides is 2. The monoisotopic (exact) mass is 174 g/mol. The van der Waals surface area contributed by atoms with Gasteiger partial charge in [-0.1, -0.05) is 5.21 Å². The Hall–Kier alpha value is -1.04. The van der Waals surface area contributed by atoms with Crippen molar-refractivity contribution in [3.63, 3.8) is 0 Å². The van der Waals surface area contributed by atoms with E-state index in [2.05, 4.69) is 10.3 Å². The number of aryl methyl sites for hydroxylation is 1. The number of nitrogens with two attached hydrogens (primary N) is 1. The SMILES string of the molecule is Cn1nncc1C1(N)CC1(F)F. The van der Waals surface area contributed by atoms with Crippen molar-refractivity contribution >= 4 is 0 Å². The summed E-state index contributed by atoms with van der Waals surface area (Å²) in [5.41, 5.74) is 4.19. The van der Waals surface area contributed by atoms with Gasteiger partial charge in [-0.25, -0.2) is 8.78 Å². The lowest BCUT2D eigenvalue weighted by Gasteiger charge is -2.08. The Morgan fingerprint density at radius 2 is 2.25 bits per heavy atom. The van der Waals surface area contributed by atoms with Crippen LogP contribution in [0.5, 0.6) is 0 Å². The third-order valence-corrected chi connectivity index (χ3v) is 2.20. The number of aromatic nitrogens is 3. The van der Waals surface area contributed by atoms with Crippen LogP contribution in [0.2, 0.25) is 0 Å². The number of rotatable bonds is 1. The molecule has 0 spiro atoms. The third-order valence-electron chi connectivity index (χ3n) is 2.20. The van der Waals surface area contributed by atoms with Crippen molar-refractivity contribution in [2.24, 2.45) is 12.8 Å². The molecule has 12 heavy (non-hydrogen) atoms. The van der Waals surface area contributed by atoms with E-state index in [1.807, 2.05) is 0 Å². The van der Waals surface area contributed by atoms with Crippen LogP contribution in [-0.4, -0.2) is 20.9 Å². The number of hydrogen-bond donors (Lipinski definition) is 1. The fraction of sp³-hybridized carbons (Fsp3) is 0.667. The number of halogens is 2. The van der Waals surface area contributed by atoms with Crippen LogP contribution >= 0.6 is 0 Å². The second kappa shape index (κ2) is 1.82. The summed E-state index contributed by atoms with van der Waals surface area (Å²) in [7, 11) is 1.55. The van der Waals surface area contributed by atoms with Crippen LogP contribution in [-0.2, 0) is 12.6 Å². The molecule has 66 valence electrons. The van der Waals surface area contributed by atoms with Crippen molar-refractivity contribution in [1.29, 1.82) is 0 Å². The fourth-order valence-corrected chi connectivity index (χ4v) is 1.28. The first-order valence-electron chi connectivity index (χ1n) is 3.49. The highest BCUT2D eigenvalue weighted by Gasteiger charge is 2.71. The summed E-state index contributed by atoms with van der Waals surface area (Å²) in [6.45, 7) is 0. The third kappa shape index (κ3) is 0.726. The second-order valence-electron chi connectivity index (χ2n) is 3.10. The first-order chi connectivity index (χ1) is 5.47. The summed E-state index contributed by atoms with van der Waals surface area (Å²) in [6.07, 6.45) is 0.960. The Labute approximate surface area is 67.4 Å². The molecule has 1 aromatic rings. The Morgan fingerprint density at radius 1 is 1.67 bits per heavy atom. The van der Waals surface area contributed by atoms with E-state index in [1.54, 1.807) is 7.05 Å². The van der Waals surface area contributed by atoms with Crippen LogP contribution in [0, 0.1) is 0 Å². The van der Waals surface area contributed by atoms with Gasteiger partial charge in [-0.3, -0.25) is 4.68 Å². The van der Waals surface area contributed by atoms with Gasteiger partial charge < -0.3 is 5.73 Å². The number of hydrogen-bond acceptors (Lipinski definition) is 3. The average molecular weight is 174 g/mol. The van der Waals surface area contributed by atoms with Crippen molar-refractivity contribution in [2.75, 3.05) is 0 Å². The van der Waals surface area contributed by atoms with Crippen LogP contribution in [0.1, 0.15) is 12.1 Å². The van der Waals surface area contributed by atoms with Crippen LogP contribution in [0.4, 0.5) is 8.78 Å². The molecule has 1 unspecified atom stereocenters. The summed E-state index contributed by atoms with van der Waals surface area (Å²) in [6, 6.07) is 0. The molecule has 1 aliphatic rings. The van der Waals surface area contributed by atoms with Crippen molar-refractivity contribution in [3.8, 4) is 0 Å². The maximum Gasteiger partial charge on any atom is 0.273 e. The largest absolute Gasteiger partial charge is 0.315 e. The fourth-order valence-electron chi connectivity index (χ4n) is 1.28. The molecule has 0 aliphatic heterocycles. The van der Waals surface area contributed by atoms with Gasteiger partial charge in [0.2, 0.25) is 0 Å². The maximum absolute atomic E-state index is 12.7. The van der Waals surface area contributed by atoms with Gasteiger partial charge >= 0.3 is 0 Å². The van der Waals surface area contributed by atoms with Crippen molar-refractivity contribution in [1.82, 2.24) is 15.0 Å². The minimum atomic E-state index is -2.80. The highest BCUT2D eigenvalue weighted by Crippen LogP contribution is 2.57. The molecule has 0 aromatic carbocycles. The smallest absolute Gasteiger partial charge is 0.273 e.